The van der Waals surface area contributed by atoms with Crippen LogP contribution in [0.3, 0.4) is 0 Å². The lowest BCUT2D eigenvalue weighted by Gasteiger charge is -2.16. The van der Waals surface area contributed by atoms with Crippen LogP contribution in [0.1, 0.15) is 25.3 Å². The maximum Gasteiger partial charge on any atom is 0.0392 e. The van der Waals surface area contributed by atoms with Crippen LogP contribution in [0, 0.1) is 12.8 Å². The molecule has 76 valence electrons. The Morgan fingerprint density at radius 3 is 2.79 bits per heavy atom. The monoisotopic (exact) mass is 190 g/mol. The van der Waals surface area contributed by atoms with Gasteiger partial charge in [-0.1, -0.05) is 6.07 Å². The van der Waals surface area contributed by atoms with Crippen LogP contribution in [0.2, 0.25) is 0 Å². The van der Waals surface area contributed by atoms with E-state index in [0.29, 0.717) is 6.04 Å². The highest BCUT2D eigenvalue weighted by molar-refractivity contribution is 5.59. The molecule has 0 saturated heterocycles. The van der Waals surface area contributed by atoms with Crippen molar-refractivity contribution in [3.8, 4) is 0 Å². The second kappa shape index (κ2) is 3.52. The number of anilines is 2. The molecule has 0 amide bonds. The van der Waals surface area contributed by atoms with Gasteiger partial charge in [0.05, 0.1) is 0 Å². The first kappa shape index (κ1) is 9.38. The van der Waals surface area contributed by atoms with Crippen LogP contribution in [0.5, 0.6) is 0 Å². The summed E-state index contributed by atoms with van der Waals surface area (Å²) in [7, 11) is 0. The van der Waals surface area contributed by atoms with Crippen LogP contribution in [0.25, 0.3) is 0 Å². The number of nitrogen functional groups attached to an aromatic ring is 1. The summed E-state index contributed by atoms with van der Waals surface area (Å²) in [6.45, 7) is 4.36. The Hall–Kier alpha value is -1.18. The van der Waals surface area contributed by atoms with Crippen LogP contribution in [0.4, 0.5) is 11.4 Å². The highest BCUT2D eigenvalue weighted by atomic mass is 14.9. The minimum absolute atomic E-state index is 0.579. The second-order valence-electron chi connectivity index (χ2n) is 4.34. The predicted molar refractivity (Wildman–Crippen MR) is 61.4 cm³/mol. The van der Waals surface area contributed by atoms with Gasteiger partial charge in [-0.15, -0.1) is 0 Å². The molecule has 1 fully saturated rings. The molecule has 1 saturated carbocycles. The topological polar surface area (TPSA) is 38.0 Å². The lowest BCUT2D eigenvalue weighted by Crippen LogP contribution is -2.17. The van der Waals surface area contributed by atoms with E-state index >= 15 is 0 Å². The van der Waals surface area contributed by atoms with Crippen LogP contribution < -0.4 is 11.1 Å². The zero-order valence-electron chi connectivity index (χ0n) is 8.88. The second-order valence-corrected chi connectivity index (χ2v) is 4.34. The van der Waals surface area contributed by atoms with E-state index < -0.39 is 0 Å². The number of nitrogens with one attached hydrogen (secondary N) is 1. The summed E-state index contributed by atoms with van der Waals surface area (Å²) in [5.74, 6) is 0.871. The van der Waals surface area contributed by atoms with Crippen LogP contribution in [-0.4, -0.2) is 6.04 Å². The van der Waals surface area contributed by atoms with E-state index in [-0.39, 0.29) is 0 Å². The maximum absolute atomic E-state index is 5.75. The molecule has 0 aliphatic heterocycles. The number of aryl methyl sites for hydroxylation is 1. The predicted octanol–water partition coefficient (Wildman–Crippen LogP) is 2.79. The molecule has 1 aliphatic carbocycles. The summed E-state index contributed by atoms with van der Waals surface area (Å²) in [6, 6.07) is 6.61. The normalized spacial score (nSPS) is 17.9. The first-order chi connectivity index (χ1) is 6.66. The van der Waals surface area contributed by atoms with Crippen molar-refractivity contribution < 1.29 is 0 Å². The van der Waals surface area contributed by atoms with Crippen molar-refractivity contribution in [1.82, 2.24) is 0 Å². The molecule has 0 spiro atoms. The van der Waals surface area contributed by atoms with Crippen molar-refractivity contribution in [3.63, 3.8) is 0 Å². The molecule has 3 N–H and O–H groups in total. The van der Waals surface area contributed by atoms with Crippen molar-refractivity contribution in [2.75, 3.05) is 11.1 Å². The molecular weight excluding hydrogens is 172 g/mol. The molecular formula is C12H18N2. The lowest BCUT2D eigenvalue weighted by molar-refractivity contribution is 0.693. The fraction of sp³-hybridized carbons (Fsp3) is 0.500. The average molecular weight is 190 g/mol. The maximum atomic E-state index is 5.75. The van der Waals surface area contributed by atoms with Gasteiger partial charge in [-0.25, -0.2) is 0 Å². The van der Waals surface area contributed by atoms with E-state index in [2.05, 4.69) is 25.2 Å². The van der Waals surface area contributed by atoms with E-state index in [1.807, 2.05) is 12.1 Å². The molecule has 0 radical (unpaired) electrons. The minimum atomic E-state index is 0.579. The van der Waals surface area contributed by atoms with Crippen molar-refractivity contribution in [2.45, 2.75) is 32.7 Å². The molecule has 14 heavy (non-hydrogen) atoms. The van der Waals surface area contributed by atoms with Gasteiger partial charge in [0.1, 0.15) is 0 Å². The molecule has 1 aromatic carbocycles. The number of nitrogens with two attached hydrogens (primary N) is 1. The molecule has 0 heterocycles. The molecule has 0 bridgehead atoms. The van der Waals surface area contributed by atoms with Crippen molar-refractivity contribution >= 4 is 11.4 Å². The van der Waals surface area contributed by atoms with Crippen molar-refractivity contribution in [1.29, 1.82) is 0 Å². The summed E-state index contributed by atoms with van der Waals surface area (Å²) >= 11 is 0. The Morgan fingerprint density at radius 1 is 1.43 bits per heavy atom. The third-order valence-electron chi connectivity index (χ3n) is 2.97. The first-order valence-electron chi connectivity index (χ1n) is 5.29. The molecule has 1 atom stereocenters. The molecule has 2 nitrogen and oxygen atoms in total. The van der Waals surface area contributed by atoms with Crippen molar-refractivity contribution in [2.24, 2.45) is 5.92 Å². The third-order valence-corrected chi connectivity index (χ3v) is 2.97. The van der Waals surface area contributed by atoms with Gasteiger partial charge in [0.2, 0.25) is 0 Å². The minimum Gasteiger partial charge on any atom is -0.399 e. The highest BCUT2D eigenvalue weighted by Gasteiger charge is 2.27. The van der Waals surface area contributed by atoms with Gasteiger partial charge >= 0.3 is 0 Å². The van der Waals surface area contributed by atoms with Gasteiger partial charge in [-0.3, -0.25) is 0 Å². The fourth-order valence-electron chi connectivity index (χ4n) is 1.75. The largest absolute Gasteiger partial charge is 0.399 e. The zero-order chi connectivity index (χ0) is 10.1. The SMILES string of the molecule is Cc1ccc(N)cc1NC(C)C1CC1. The smallest absolute Gasteiger partial charge is 0.0392 e. The molecule has 2 rings (SSSR count). The molecule has 0 aromatic heterocycles. The van der Waals surface area contributed by atoms with Crippen LogP contribution in [0.15, 0.2) is 18.2 Å². The van der Waals surface area contributed by atoms with Gasteiger partial charge < -0.3 is 11.1 Å². The number of rotatable bonds is 3. The Bertz CT molecular complexity index is 329. The van der Waals surface area contributed by atoms with Gasteiger partial charge in [-0.2, -0.15) is 0 Å². The molecule has 1 unspecified atom stereocenters. The Labute approximate surface area is 85.5 Å². The quantitative estimate of drug-likeness (QED) is 0.719. The Kier molecular flexibility index (Phi) is 2.36. The van der Waals surface area contributed by atoms with E-state index in [9.17, 15) is 0 Å². The van der Waals surface area contributed by atoms with Crippen LogP contribution >= 0.6 is 0 Å². The number of hydrogen-bond acceptors (Lipinski definition) is 2. The lowest BCUT2D eigenvalue weighted by atomic mass is 10.1. The Balaban J connectivity index is 2.10. The van der Waals surface area contributed by atoms with Gasteiger partial charge in [0.15, 0.2) is 0 Å². The van der Waals surface area contributed by atoms with Crippen LogP contribution in [-0.2, 0) is 0 Å². The summed E-state index contributed by atoms with van der Waals surface area (Å²) in [6.07, 6.45) is 2.74. The first-order valence-corrected chi connectivity index (χ1v) is 5.29. The Morgan fingerprint density at radius 2 is 2.14 bits per heavy atom. The van der Waals surface area contributed by atoms with E-state index in [0.717, 1.165) is 11.6 Å². The van der Waals surface area contributed by atoms with E-state index in [4.69, 9.17) is 5.73 Å². The summed E-state index contributed by atoms with van der Waals surface area (Å²) in [5, 5.41) is 3.53. The number of hydrogen-bond donors (Lipinski definition) is 2. The van der Waals surface area contributed by atoms with Crippen molar-refractivity contribution in [3.05, 3.63) is 23.8 Å². The standard InChI is InChI=1S/C12H18N2/c1-8-3-6-11(13)7-12(8)14-9(2)10-4-5-10/h3,6-7,9-10,14H,4-5,13H2,1-2H3. The van der Waals surface area contributed by atoms with E-state index in [1.54, 1.807) is 0 Å². The summed E-state index contributed by atoms with van der Waals surface area (Å²) < 4.78 is 0. The summed E-state index contributed by atoms with van der Waals surface area (Å²) in [4.78, 5) is 0. The molecule has 2 heteroatoms. The number of benzene rings is 1. The van der Waals surface area contributed by atoms with Gasteiger partial charge in [0, 0.05) is 17.4 Å². The van der Waals surface area contributed by atoms with E-state index in [1.165, 1.54) is 24.1 Å². The fourth-order valence-corrected chi connectivity index (χ4v) is 1.75. The third kappa shape index (κ3) is 2.00. The zero-order valence-corrected chi connectivity index (χ0v) is 8.88. The summed E-state index contributed by atoms with van der Waals surface area (Å²) in [5.41, 5.74) is 9.04. The average Bonchev–Trinajstić information content (AvgIpc) is 2.94. The van der Waals surface area contributed by atoms with Gasteiger partial charge in [0.25, 0.3) is 0 Å². The van der Waals surface area contributed by atoms with Gasteiger partial charge in [-0.05, 0) is 50.3 Å². The molecule has 1 aliphatic rings. The molecule has 1 aromatic rings. The highest BCUT2D eigenvalue weighted by Crippen LogP contribution is 2.34.